The number of hydrazine groups is 1. The minimum Gasteiger partial charge on any atom is -0.271 e. The van der Waals surface area contributed by atoms with E-state index in [0.717, 1.165) is 24.2 Å². The van der Waals surface area contributed by atoms with E-state index >= 15 is 0 Å². The second-order valence-corrected chi connectivity index (χ2v) is 6.49. The van der Waals surface area contributed by atoms with E-state index < -0.39 is 0 Å². The van der Waals surface area contributed by atoms with Crippen molar-refractivity contribution in [1.29, 1.82) is 0 Å². The summed E-state index contributed by atoms with van der Waals surface area (Å²) in [4.78, 5) is 0. The van der Waals surface area contributed by atoms with Gasteiger partial charge in [-0.25, -0.2) is 0 Å². The summed E-state index contributed by atoms with van der Waals surface area (Å²) in [7, 11) is 0. The van der Waals surface area contributed by atoms with Crippen molar-refractivity contribution in [1.82, 2.24) is 5.43 Å². The van der Waals surface area contributed by atoms with Gasteiger partial charge >= 0.3 is 0 Å². The number of nitrogens with one attached hydrogen (secondary N) is 1. The standard InChI is InChI=1S/C17H26N2/c1-2-12-3-6-14(7-4-12)17(19-18)11-16-10-13-5-8-15(16)9-13/h3-4,6-7,13,15-17,19H,2,5,8-11,18H2,1H3. The highest BCUT2D eigenvalue weighted by molar-refractivity contribution is 5.25. The molecule has 2 nitrogen and oxygen atoms in total. The first-order chi connectivity index (χ1) is 9.30. The van der Waals surface area contributed by atoms with Crippen LogP contribution in [0.3, 0.4) is 0 Å². The SMILES string of the molecule is CCc1ccc(C(CC2CC3CCC2C3)NN)cc1. The van der Waals surface area contributed by atoms with Gasteiger partial charge in [0, 0.05) is 6.04 Å². The van der Waals surface area contributed by atoms with E-state index in [1.807, 2.05) is 0 Å². The van der Waals surface area contributed by atoms with Gasteiger partial charge in [0.1, 0.15) is 0 Å². The molecular formula is C17H26N2. The van der Waals surface area contributed by atoms with E-state index in [-0.39, 0.29) is 0 Å². The summed E-state index contributed by atoms with van der Waals surface area (Å²) in [6, 6.07) is 9.30. The third-order valence-electron chi connectivity index (χ3n) is 5.41. The molecule has 4 atom stereocenters. The van der Waals surface area contributed by atoms with Crippen LogP contribution in [0.2, 0.25) is 0 Å². The number of hydrogen-bond acceptors (Lipinski definition) is 2. The van der Waals surface area contributed by atoms with Crippen molar-refractivity contribution in [2.45, 2.75) is 51.5 Å². The molecule has 0 spiro atoms. The summed E-state index contributed by atoms with van der Waals surface area (Å²) in [5, 5.41) is 0. The summed E-state index contributed by atoms with van der Waals surface area (Å²) < 4.78 is 0. The fourth-order valence-corrected chi connectivity index (χ4v) is 4.25. The quantitative estimate of drug-likeness (QED) is 0.626. The largest absolute Gasteiger partial charge is 0.271 e. The minimum atomic E-state index is 0.329. The van der Waals surface area contributed by atoms with Gasteiger partial charge in [-0.2, -0.15) is 0 Å². The van der Waals surface area contributed by atoms with Crippen LogP contribution in [-0.2, 0) is 6.42 Å². The Balaban J connectivity index is 1.66. The Labute approximate surface area is 116 Å². The van der Waals surface area contributed by atoms with Crippen LogP contribution in [0.5, 0.6) is 0 Å². The van der Waals surface area contributed by atoms with Gasteiger partial charge in [0.05, 0.1) is 0 Å². The first-order valence-corrected chi connectivity index (χ1v) is 7.85. The van der Waals surface area contributed by atoms with Crippen LogP contribution in [-0.4, -0.2) is 0 Å². The zero-order valence-corrected chi connectivity index (χ0v) is 11.9. The second kappa shape index (κ2) is 5.64. The lowest BCUT2D eigenvalue weighted by molar-refractivity contribution is 0.280. The molecule has 2 aliphatic carbocycles. The van der Waals surface area contributed by atoms with Crippen LogP contribution in [0.1, 0.15) is 56.2 Å². The fraction of sp³-hybridized carbons (Fsp3) is 0.647. The Bertz CT molecular complexity index is 412. The van der Waals surface area contributed by atoms with Crippen molar-refractivity contribution in [2.24, 2.45) is 23.6 Å². The van der Waals surface area contributed by atoms with Gasteiger partial charge in [0.2, 0.25) is 0 Å². The molecule has 2 bridgehead atoms. The molecule has 1 aromatic carbocycles. The molecule has 0 radical (unpaired) electrons. The molecule has 0 saturated heterocycles. The molecule has 0 aromatic heterocycles. The lowest BCUT2D eigenvalue weighted by Crippen LogP contribution is -2.30. The van der Waals surface area contributed by atoms with E-state index in [1.54, 1.807) is 0 Å². The predicted molar refractivity (Wildman–Crippen MR) is 79.4 cm³/mol. The molecule has 19 heavy (non-hydrogen) atoms. The van der Waals surface area contributed by atoms with Gasteiger partial charge in [-0.3, -0.25) is 11.3 Å². The Hall–Kier alpha value is -0.860. The Morgan fingerprint density at radius 3 is 2.53 bits per heavy atom. The molecule has 2 aliphatic rings. The molecular weight excluding hydrogens is 232 g/mol. The van der Waals surface area contributed by atoms with Crippen LogP contribution < -0.4 is 11.3 Å². The second-order valence-electron chi connectivity index (χ2n) is 6.49. The molecule has 2 heteroatoms. The Morgan fingerprint density at radius 1 is 1.21 bits per heavy atom. The molecule has 3 rings (SSSR count). The summed E-state index contributed by atoms with van der Waals surface area (Å²) in [5.41, 5.74) is 5.79. The highest BCUT2D eigenvalue weighted by Gasteiger charge is 2.40. The van der Waals surface area contributed by atoms with Crippen molar-refractivity contribution in [3.8, 4) is 0 Å². The van der Waals surface area contributed by atoms with Gasteiger partial charge < -0.3 is 0 Å². The molecule has 0 amide bonds. The number of benzene rings is 1. The van der Waals surface area contributed by atoms with Crippen LogP contribution in [0.25, 0.3) is 0 Å². The maximum atomic E-state index is 5.80. The summed E-state index contributed by atoms with van der Waals surface area (Å²) >= 11 is 0. The fourth-order valence-electron chi connectivity index (χ4n) is 4.25. The average Bonchev–Trinajstić information content (AvgIpc) is 3.07. The molecule has 2 saturated carbocycles. The lowest BCUT2D eigenvalue weighted by Gasteiger charge is -2.26. The normalized spacial score (nSPS) is 30.7. The van der Waals surface area contributed by atoms with Crippen LogP contribution in [0, 0.1) is 17.8 Å². The van der Waals surface area contributed by atoms with Crippen LogP contribution >= 0.6 is 0 Å². The first kappa shape index (κ1) is 13.1. The van der Waals surface area contributed by atoms with Crippen molar-refractivity contribution in [2.75, 3.05) is 0 Å². The third-order valence-corrected chi connectivity index (χ3v) is 5.41. The Morgan fingerprint density at radius 2 is 2.00 bits per heavy atom. The zero-order chi connectivity index (χ0) is 13.2. The lowest BCUT2D eigenvalue weighted by atomic mass is 9.83. The summed E-state index contributed by atoms with van der Waals surface area (Å²) in [6.45, 7) is 2.20. The van der Waals surface area contributed by atoms with Crippen LogP contribution in [0.4, 0.5) is 0 Å². The van der Waals surface area contributed by atoms with Gasteiger partial charge in [-0.05, 0) is 61.0 Å². The van der Waals surface area contributed by atoms with Crippen LogP contribution in [0.15, 0.2) is 24.3 Å². The van der Waals surface area contributed by atoms with E-state index in [0.29, 0.717) is 6.04 Å². The number of fused-ring (bicyclic) bond motifs is 2. The maximum absolute atomic E-state index is 5.80. The van der Waals surface area contributed by atoms with E-state index in [1.165, 1.54) is 43.2 Å². The van der Waals surface area contributed by atoms with E-state index in [9.17, 15) is 0 Å². The molecule has 0 heterocycles. The van der Waals surface area contributed by atoms with Crippen molar-refractivity contribution in [3.05, 3.63) is 35.4 Å². The molecule has 1 aromatic rings. The van der Waals surface area contributed by atoms with Crippen molar-refractivity contribution >= 4 is 0 Å². The first-order valence-electron chi connectivity index (χ1n) is 7.85. The number of rotatable bonds is 5. The number of aryl methyl sites for hydroxylation is 1. The van der Waals surface area contributed by atoms with E-state index in [2.05, 4.69) is 36.6 Å². The summed E-state index contributed by atoms with van der Waals surface area (Å²) in [5.74, 6) is 8.70. The predicted octanol–water partition coefficient (Wildman–Crippen LogP) is 3.58. The Kier molecular flexibility index (Phi) is 3.90. The average molecular weight is 258 g/mol. The van der Waals surface area contributed by atoms with Crippen molar-refractivity contribution in [3.63, 3.8) is 0 Å². The third kappa shape index (κ3) is 2.70. The molecule has 104 valence electrons. The maximum Gasteiger partial charge on any atom is 0.0462 e. The molecule has 4 unspecified atom stereocenters. The minimum absolute atomic E-state index is 0.329. The molecule has 2 fully saturated rings. The smallest absolute Gasteiger partial charge is 0.0462 e. The topological polar surface area (TPSA) is 38.0 Å². The number of nitrogens with two attached hydrogens (primary N) is 1. The monoisotopic (exact) mass is 258 g/mol. The van der Waals surface area contributed by atoms with Gasteiger partial charge in [-0.15, -0.1) is 0 Å². The zero-order valence-electron chi connectivity index (χ0n) is 11.9. The van der Waals surface area contributed by atoms with Crippen molar-refractivity contribution < 1.29 is 0 Å². The summed E-state index contributed by atoms with van der Waals surface area (Å²) in [6.07, 6.45) is 8.18. The molecule has 0 aliphatic heterocycles. The molecule has 3 N–H and O–H groups in total. The van der Waals surface area contributed by atoms with Gasteiger partial charge in [0.25, 0.3) is 0 Å². The van der Waals surface area contributed by atoms with Gasteiger partial charge in [0.15, 0.2) is 0 Å². The highest BCUT2D eigenvalue weighted by Crippen LogP contribution is 2.50. The highest BCUT2D eigenvalue weighted by atomic mass is 15.2. The van der Waals surface area contributed by atoms with Gasteiger partial charge in [-0.1, -0.05) is 37.6 Å². The van der Waals surface area contributed by atoms with E-state index in [4.69, 9.17) is 5.84 Å². The number of hydrogen-bond donors (Lipinski definition) is 2.